The summed E-state index contributed by atoms with van der Waals surface area (Å²) in [6.45, 7) is 10.2. The van der Waals surface area contributed by atoms with E-state index in [9.17, 15) is 4.39 Å². The first-order valence-corrected chi connectivity index (χ1v) is 5.40. The van der Waals surface area contributed by atoms with Crippen LogP contribution in [0.25, 0.3) is 0 Å². The number of likely N-dealkylation sites (tertiary alicyclic amines) is 1. The average molecular weight is 187 g/mol. The maximum atomic E-state index is 13.7. The Kier molecular flexibility index (Phi) is 3.72. The molecule has 2 atom stereocenters. The molecular weight excluding hydrogens is 165 g/mol. The lowest BCUT2D eigenvalue weighted by molar-refractivity contribution is 0.0452. The van der Waals surface area contributed by atoms with Crippen molar-refractivity contribution in [3.05, 3.63) is 0 Å². The molecule has 0 spiro atoms. The first kappa shape index (κ1) is 11.0. The molecule has 1 nitrogen and oxygen atoms in total. The van der Waals surface area contributed by atoms with Gasteiger partial charge in [-0.05, 0) is 38.6 Å². The number of hydrogen-bond donors (Lipinski definition) is 0. The van der Waals surface area contributed by atoms with Gasteiger partial charge in [0.05, 0.1) is 0 Å². The van der Waals surface area contributed by atoms with Crippen molar-refractivity contribution in [2.45, 2.75) is 46.3 Å². The van der Waals surface area contributed by atoms with Crippen LogP contribution in [0.3, 0.4) is 0 Å². The van der Waals surface area contributed by atoms with Crippen LogP contribution < -0.4 is 0 Å². The number of piperidine rings is 1. The molecule has 0 N–H and O–H groups in total. The topological polar surface area (TPSA) is 3.24 Å². The first-order chi connectivity index (χ1) is 6.02. The van der Waals surface area contributed by atoms with Gasteiger partial charge < -0.3 is 0 Å². The normalized spacial score (nSPS) is 31.6. The second-order valence-corrected chi connectivity index (χ2v) is 4.80. The van der Waals surface area contributed by atoms with Crippen LogP contribution in [-0.4, -0.2) is 30.2 Å². The molecule has 1 saturated heterocycles. The van der Waals surface area contributed by atoms with Gasteiger partial charge in [0.2, 0.25) is 0 Å². The average Bonchev–Trinajstić information content (AvgIpc) is 2.03. The molecule has 1 aliphatic heterocycles. The predicted octanol–water partition coefficient (Wildman–Crippen LogP) is 2.71. The molecule has 0 aromatic rings. The highest BCUT2D eigenvalue weighted by Gasteiger charge is 2.31. The molecule has 0 bridgehead atoms. The Hall–Kier alpha value is -0.110. The smallest absolute Gasteiger partial charge is 0.116 e. The highest BCUT2D eigenvalue weighted by atomic mass is 19.1. The molecule has 0 saturated carbocycles. The van der Waals surface area contributed by atoms with E-state index in [1.165, 1.54) is 0 Å². The molecular formula is C11H22FN. The minimum Gasteiger partial charge on any atom is -0.298 e. The van der Waals surface area contributed by atoms with E-state index in [1.807, 2.05) is 0 Å². The van der Waals surface area contributed by atoms with E-state index >= 15 is 0 Å². The highest BCUT2D eigenvalue weighted by molar-refractivity contribution is 4.83. The monoisotopic (exact) mass is 187 g/mol. The van der Waals surface area contributed by atoms with Crippen LogP contribution in [-0.2, 0) is 0 Å². The summed E-state index contributed by atoms with van der Waals surface area (Å²) in [5.74, 6) is 0.777. The van der Waals surface area contributed by atoms with Gasteiger partial charge in [0.15, 0.2) is 0 Å². The summed E-state index contributed by atoms with van der Waals surface area (Å²) in [5, 5.41) is 0. The Labute approximate surface area is 81.3 Å². The van der Waals surface area contributed by atoms with Crippen molar-refractivity contribution in [2.75, 3.05) is 13.1 Å². The molecule has 0 aromatic heterocycles. The fourth-order valence-corrected chi connectivity index (χ4v) is 2.17. The van der Waals surface area contributed by atoms with Crippen LogP contribution in [0, 0.1) is 11.8 Å². The van der Waals surface area contributed by atoms with Gasteiger partial charge in [-0.25, -0.2) is 4.39 Å². The lowest BCUT2D eigenvalue weighted by Gasteiger charge is -2.38. The van der Waals surface area contributed by atoms with Gasteiger partial charge in [0.25, 0.3) is 0 Å². The van der Waals surface area contributed by atoms with Crippen LogP contribution in [0.1, 0.15) is 34.1 Å². The summed E-state index contributed by atoms with van der Waals surface area (Å²) < 4.78 is 13.7. The molecule has 2 heteroatoms. The van der Waals surface area contributed by atoms with Crippen molar-refractivity contribution in [1.29, 1.82) is 0 Å². The van der Waals surface area contributed by atoms with Crippen molar-refractivity contribution in [2.24, 2.45) is 11.8 Å². The Balaban J connectivity index is 2.46. The summed E-state index contributed by atoms with van der Waals surface area (Å²) in [7, 11) is 0. The van der Waals surface area contributed by atoms with Crippen molar-refractivity contribution in [3.8, 4) is 0 Å². The van der Waals surface area contributed by atoms with E-state index in [1.54, 1.807) is 0 Å². The molecule has 0 aromatic carbocycles. The number of halogens is 1. The zero-order valence-electron chi connectivity index (χ0n) is 9.26. The Morgan fingerprint density at radius 2 is 1.85 bits per heavy atom. The van der Waals surface area contributed by atoms with Crippen molar-refractivity contribution in [1.82, 2.24) is 4.90 Å². The summed E-state index contributed by atoms with van der Waals surface area (Å²) >= 11 is 0. The number of nitrogens with zero attached hydrogens (tertiary/aromatic N) is 1. The fourth-order valence-electron chi connectivity index (χ4n) is 2.17. The van der Waals surface area contributed by atoms with Gasteiger partial charge in [0.1, 0.15) is 6.17 Å². The van der Waals surface area contributed by atoms with Gasteiger partial charge in [-0.3, -0.25) is 4.90 Å². The molecule has 1 fully saturated rings. The summed E-state index contributed by atoms with van der Waals surface area (Å²) in [6, 6.07) is 0.492. The number of alkyl halides is 1. The predicted molar refractivity (Wildman–Crippen MR) is 54.6 cm³/mol. The number of rotatable bonds is 2. The van der Waals surface area contributed by atoms with Crippen molar-refractivity contribution >= 4 is 0 Å². The maximum Gasteiger partial charge on any atom is 0.116 e. The molecule has 1 heterocycles. The van der Waals surface area contributed by atoms with Crippen LogP contribution in [0.2, 0.25) is 0 Å². The van der Waals surface area contributed by atoms with Crippen molar-refractivity contribution in [3.63, 3.8) is 0 Å². The molecule has 0 radical (unpaired) electrons. The first-order valence-electron chi connectivity index (χ1n) is 5.40. The van der Waals surface area contributed by atoms with E-state index in [2.05, 4.69) is 32.6 Å². The Morgan fingerprint density at radius 3 is 2.23 bits per heavy atom. The molecule has 1 rings (SSSR count). The van der Waals surface area contributed by atoms with E-state index < -0.39 is 6.17 Å². The van der Waals surface area contributed by atoms with Crippen LogP contribution >= 0.6 is 0 Å². The van der Waals surface area contributed by atoms with E-state index in [4.69, 9.17) is 0 Å². The molecule has 13 heavy (non-hydrogen) atoms. The largest absolute Gasteiger partial charge is 0.298 e. The molecule has 78 valence electrons. The second-order valence-electron chi connectivity index (χ2n) is 4.80. The maximum absolute atomic E-state index is 13.7. The van der Waals surface area contributed by atoms with E-state index in [0.29, 0.717) is 18.5 Å². The van der Waals surface area contributed by atoms with Crippen LogP contribution in [0.5, 0.6) is 0 Å². The third kappa shape index (κ3) is 2.67. The van der Waals surface area contributed by atoms with Crippen LogP contribution in [0.15, 0.2) is 0 Å². The zero-order chi connectivity index (χ0) is 10.0. The SMILES string of the molecule is CC(C)[C@@H]1CCN(C(C)C)C[C@H]1F. The third-order valence-corrected chi connectivity index (χ3v) is 3.21. The lowest BCUT2D eigenvalue weighted by atomic mass is 9.85. The molecule has 1 aliphatic rings. The second kappa shape index (κ2) is 4.41. The van der Waals surface area contributed by atoms with Crippen LogP contribution in [0.4, 0.5) is 4.39 Å². The molecule has 0 aliphatic carbocycles. The van der Waals surface area contributed by atoms with E-state index in [-0.39, 0.29) is 5.92 Å². The lowest BCUT2D eigenvalue weighted by Crippen LogP contribution is -2.46. The quantitative estimate of drug-likeness (QED) is 0.642. The Bertz CT molecular complexity index is 156. The third-order valence-electron chi connectivity index (χ3n) is 3.21. The zero-order valence-corrected chi connectivity index (χ0v) is 9.26. The summed E-state index contributed by atoms with van der Waals surface area (Å²) in [5.41, 5.74) is 0. The Morgan fingerprint density at radius 1 is 1.23 bits per heavy atom. The van der Waals surface area contributed by atoms with E-state index in [0.717, 1.165) is 13.0 Å². The highest BCUT2D eigenvalue weighted by Crippen LogP contribution is 2.27. The minimum absolute atomic E-state index is 0.287. The summed E-state index contributed by atoms with van der Waals surface area (Å²) in [4.78, 5) is 2.24. The van der Waals surface area contributed by atoms with Crippen molar-refractivity contribution < 1.29 is 4.39 Å². The van der Waals surface area contributed by atoms with Gasteiger partial charge in [-0.15, -0.1) is 0 Å². The summed E-state index contributed by atoms with van der Waals surface area (Å²) in [6.07, 6.45) is 0.410. The number of hydrogen-bond acceptors (Lipinski definition) is 1. The standard InChI is InChI=1S/C11H22FN/c1-8(2)10-5-6-13(9(3)4)7-11(10)12/h8-11H,5-7H2,1-4H3/t10-,11+/m0/s1. The molecule has 0 unspecified atom stereocenters. The molecule has 0 amide bonds. The van der Waals surface area contributed by atoms with Gasteiger partial charge in [-0.1, -0.05) is 13.8 Å². The van der Waals surface area contributed by atoms with Gasteiger partial charge in [-0.2, -0.15) is 0 Å². The van der Waals surface area contributed by atoms with Gasteiger partial charge >= 0.3 is 0 Å². The fraction of sp³-hybridized carbons (Fsp3) is 1.00. The van der Waals surface area contributed by atoms with Gasteiger partial charge in [0, 0.05) is 12.6 Å². The minimum atomic E-state index is -0.615.